The highest BCUT2D eigenvalue weighted by molar-refractivity contribution is 7.93. The summed E-state index contributed by atoms with van der Waals surface area (Å²) in [6.07, 6.45) is 8.48. The van der Waals surface area contributed by atoms with Gasteiger partial charge in [0, 0.05) is 18.2 Å². The number of hydrogen-bond acceptors (Lipinski definition) is 3. The lowest BCUT2D eigenvalue weighted by Crippen LogP contribution is -2.45. The van der Waals surface area contributed by atoms with E-state index in [0.717, 1.165) is 31.7 Å². The van der Waals surface area contributed by atoms with Crippen molar-refractivity contribution >= 4 is 15.9 Å². The fourth-order valence-electron chi connectivity index (χ4n) is 4.22. The molecule has 5 nitrogen and oxygen atoms in total. The fraction of sp³-hybridized carbons (Fsp3) is 0.571. The van der Waals surface area contributed by atoms with Gasteiger partial charge in [-0.1, -0.05) is 36.4 Å². The summed E-state index contributed by atoms with van der Waals surface area (Å²) in [5.74, 6) is 1.69. The van der Waals surface area contributed by atoms with E-state index in [1.54, 1.807) is 6.08 Å². The molecule has 0 aromatic heterocycles. The predicted octanol–water partition coefficient (Wildman–Crippen LogP) is 3.51. The van der Waals surface area contributed by atoms with Crippen LogP contribution in [-0.4, -0.2) is 38.2 Å². The number of rotatable bonds is 6. The normalized spacial score (nSPS) is 27.1. The molecule has 1 aromatic carbocycles. The molecule has 4 rings (SSSR count). The van der Waals surface area contributed by atoms with Crippen LogP contribution in [-0.2, 0) is 9.84 Å². The molecule has 146 valence electrons. The number of sulfone groups is 1. The van der Waals surface area contributed by atoms with E-state index in [0.29, 0.717) is 11.8 Å². The fourth-order valence-corrected chi connectivity index (χ4v) is 4.68. The molecule has 0 bridgehead atoms. The molecule has 3 aliphatic rings. The minimum absolute atomic E-state index is 0.0675. The van der Waals surface area contributed by atoms with Crippen LogP contribution >= 0.6 is 0 Å². The van der Waals surface area contributed by atoms with Crippen molar-refractivity contribution in [1.82, 2.24) is 10.2 Å². The number of benzene rings is 1. The van der Waals surface area contributed by atoms with Crippen molar-refractivity contribution in [1.29, 1.82) is 0 Å². The van der Waals surface area contributed by atoms with Gasteiger partial charge in [-0.25, -0.2) is 13.2 Å². The average molecular weight is 389 g/mol. The topological polar surface area (TPSA) is 66.5 Å². The van der Waals surface area contributed by atoms with Crippen LogP contribution in [0.25, 0.3) is 0 Å². The molecule has 2 aliphatic carbocycles. The van der Waals surface area contributed by atoms with Crippen LogP contribution in [0.4, 0.5) is 4.79 Å². The molecule has 6 heteroatoms. The molecular weight excluding hydrogens is 360 g/mol. The zero-order valence-corrected chi connectivity index (χ0v) is 16.6. The van der Waals surface area contributed by atoms with E-state index < -0.39 is 9.84 Å². The van der Waals surface area contributed by atoms with E-state index >= 15 is 0 Å². The average Bonchev–Trinajstić information content (AvgIpc) is 3.56. The lowest BCUT2D eigenvalue weighted by molar-refractivity contribution is 0.188. The number of carbonyl (C=O) groups is 1. The first-order chi connectivity index (χ1) is 12.9. The molecule has 1 aromatic rings. The maximum Gasteiger partial charge on any atom is 0.318 e. The van der Waals surface area contributed by atoms with Crippen LogP contribution in [0.3, 0.4) is 0 Å². The van der Waals surface area contributed by atoms with Crippen LogP contribution in [0.2, 0.25) is 0 Å². The summed E-state index contributed by atoms with van der Waals surface area (Å²) in [5, 5.41) is 4.33. The molecule has 2 amide bonds. The number of carbonyl (C=O) groups excluding carboxylic acids is 1. The summed E-state index contributed by atoms with van der Waals surface area (Å²) < 4.78 is 22.9. The largest absolute Gasteiger partial charge is 0.331 e. The molecule has 2 saturated carbocycles. The van der Waals surface area contributed by atoms with Crippen molar-refractivity contribution in [2.24, 2.45) is 17.8 Å². The first-order valence-electron chi connectivity index (χ1n) is 9.91. The number of urea groups is 1. The standard InChI is InChI=1S/C21H28N2O3S/c1-27(25,26)12-11-19(16-9-10-16)22-21(24)23-14-18(15-7-8-15)13-20(23)17-5-3-2-4-6-17/h2-6,11-12,15-16,18-20H,7-10,13-14H2,1H3,(H,22,24)/b12-11+/t18-,19-,20+/m1/s1. The van der Waals surface area contributed by atoms with Gasteiger partial charge in [0.15, 0.2) is 9.84 Å². The van der Waals surface area contributed by atoms with Gasteiger partial charge >= 0.3 is 6.03 Å². The highest BCUT2D eigenvalue weighted by Crippen LogP contribution is 2.47. The minimum Gasteiger partial charge on any atom is -0.331 e. The van der Waals surface area contributed by atoms with Crippen molar-refractivity contribution in [2.45, 2.75) is 44.2 Å². The molecule has 3 atom stereocenters. The Hall–Kier alpha value is -1.82. The van der Waals surface area contributed by atoms with Crippen LogP contribution in [0.5, 0.6) is 0 Å². The van der Waals surface area contributed by atoms with Gasteiger partial charge in [-0.3, -0.25) is 0 Å². The smallest absolute Gasteiger partial charge is 0.318 e. The molecule has 1 aliphatic heterocycles. The molecule has 0 radical (unpaired) electrons. The lowest BCUT2D eigenvalue weighted by atomic mass is 9.96. The van der Waals surface area contributed by atoms with E-state index in [4.69, 9.17) is 0 Å². The number of likely N-dealkylation sites (tertiary alicyclic amines) is 1. The van der Waals surface area contributed by atoms with Crippen molar-refractivity contribution < 1.29 is 13.2 Å². The third kappa shape index (κ3) is 4.72. The summed E-state index contributed by atoms with van der Waals surface area (Å²) >= 11 is 0. The van der Waals surface area contributed by atoms with Gasteiger partial charge in [-0.15, -0.1) is 0 Å². The first kappa shape index (κ1) is 18.5. The van der Waals surface area contributed by atoms with Crippen molar-refractivity contribution in [2.75, 3.05) is 12.8 Å². The second kappa shape index (κ2) is 7.30. The lowest BCUT2D eigenvalue weighted by Gasteiger charge is -2.27. The van der Waals surface area contributed by atoms with Gasteiger partial charge < -0.3 is 10.2 Å². The summed E-state index contributed by atoms with van der Waals surface area (Å²) in [5.41, 5.74) is 1.19. The zero-order chi connectivity index (χ0) is 19.0. The van der Waals surface area contributed by atoms with E-state index in [9.17, 15) is 13.2 Å². The van der Waals surface area contributed by atoms with Crippen LogP contribution in [0.15, 0.2) is 41.8 Å². The maximum atomic E-state index is 13.1. The molecule has 0 spiro atoms. The van der Waals surface area contributed by atoms with Gasteiger partial charge in [-0.05, 0) is 55.4 Å². The Bertz CT molecular complexity index is 813. The van der Waals surface area contributed by atoms with E-state index in [-0.39, 0.29) is 18.1 Å². The Labute approximate surface area is 161 Å². The molecule has 3 fully saturated rings. The number of hydrogen-bond donors (Lipinski definition) is 1. The Morgan fingerprint density at radius 2 is 1.85 bits per heavy atom. The molecular formula is C21H28N2O3S. The quantitative estimate of drug-likeness (QED) is 0.811. The Balaban J connectivity index is 1.50. The van der Waals surface area contributed by atoms with E-state index in [1.165, 1.54) is 30.1 Å². The number of nitrogens with zero attached hydrogens (tertiary/aromatic N) is 1. The molecule has 1 heterocycles. The summed E-state index contributed by atoms with van der Waals surface area (Å²) in [6, 6.07) is 10.1. The summed E-state index contributed by atoms with van der Waals surface area (Å²) in [6.45, 7) is 0.795. The number of amides is 2. The van der Waals surface area contributed by atoms with Crippen molar-refractivity contribution in [3.05, 3.63) is 47.4 Å². The highest BCUT2D eigenvalue weighted by Gasteiger charge is 2.43. The zero-order valence-electron chi connectivity index (χ0n) is 15.8. The van der Waals surface area contributed by atoms with Crippen LogP contribution < -0.4 is 5.32 Å². The second-order valence-corrected chi connectivity index (χ2v) is 10.3. The Kier molecular flexibility index (Phi) is 5.01. The van der Waals surface area contributed by atoms with Gasteiger partial charge in [0.2, 0.25) is 0 Å². The number of nitrogens with one attached hydrogen (secondary N) is 1. The SMILES string of the molecule is CS(=O)(=O)/C=C/[C@@H](NC(=O)N1C[C@H](C2CC2)C[C@H]1c1ccccc1)C1CC1. The van der Waals surface area contributed by atoms with E-state index in [2.05, 4.69) is 17.4 Å². The van der Waals surface area contributed by atoms with Crippen molar-refractivity contribution in [3.63, 3.8) is 0 Å². The third-order valence-electron chi connectivity index (χ3n) is 6.02. The van der Waals surface area contributed by atoms with Gasteiger partial charge in [0.05, 0.1) is 12.1 Å². The van der Waals surface area contributed by atoms with Gasteiger partial charge in [0.25, 0.3) is 0 Å². The van der Waals surface area contributed by atoms with Gasteiger partial charge in [0.1, 0.15) is 0 Å². The minimum atomic E-state index is -3.19. The van der Waals surface area contributed by atoms with E-state index in [1.807, 2.05) is 23.1 Å². The summed E-state index contributed by atoms with van der Waals surface area (Å²) in [4.78, 5) is 15.1. The monoisotopic (exact) mass is 388 g/mol. The first-order valence-corrected chi connectivity index (χ1v) is 11.9. The predicted molar refractivity (Wildman–Crippen MR) is 106 cm³/mol. The van der Waals surface area contributed by atoms with Gasteiger partial charge in [-0.2, -0.15) is 0 Å². The summed E-state index contributed by atoms with van der Waals surface area (Å²) in [7, 11) is -3.19. The molecule has 1 saturated heterocycles. The molecule has 27 heavy (non-hydrogen) atoms. The molecule has 0 unspecified atom stereocenters. The van der Waals surface area contributed by atoms with Crippen LogP contribution in [0.1, 0.15) is 43.7 Å². The third-order valence-corrected chi connectivity index (χ3v) is 6.67. The van der Waals surface area contributed by atoms with Crippen molar-refractivity contribution in [3.8, 4) is 0 Å². The Morgan fingerprint density at radius 1 is 1.15 bits per heavy atom. The molecule has 1 N–H and O–H groups in total. The van der Waals surface area contributed by atoms with Crippen LogP contribution in [0, 0.1) is 17.8 Å². The maximum absolute atomic E-state index is 13.1. The highest BCUT2D eigenvalue weighted by atomic mass is 32.2. The second-order valence-electron chi connectivity index (χ2n) is 8.38. The Morgan fingerprint density at radius 3 is 2.44 bits per heavy atom.